The highest BCUT2D eigenvalue weighted by atomic mass is 35.5. The molecule has 0 spiro atoms. The summed E-state index contributed by atoms with van der Waals surface area (Å²) in [6.45, 7) is 0.497. The molecule has 1 heterocycles. The molecule has 164 valence electrons. The van der Waals surface area contributed by atoms with E-state index in [-0.39, 0.29) is 51.6 Å². The third kappa shape index (κ3) is 5.98. The molecule has 1 N–H and O–H groups in total. The molecule has 0 aliphatic rings. The van der Waals surface area contributed by atoms with Crippen LogP contribution < -0.4 is 4.72 Å². The fourth-order valence-electron chi connectivity index (χ4n) is 2.91. The van der Waals surface area contributed by atoms with Gasteiger partial charge in [-0.3, -0.25) is 14.5 Å². The lowest BCUT2D eigenvalue weighted by Gasteiger charge is -2.22. The van der Waals surface area contributed by atoms with Gasteiger partial charge >= 0.3 is 0 Å². The maximum Gasteiger partial charge on any atom is 0.261 e. The van der Waals surface area contributed by atoms with E-state index in [1.165, 1.54) is 35.2 Å². The lowest BCUT2D eigenvalue weighted by atomic mass is 10.1. The molecule has 10 heteroatoms. The first-order valence-electron chi connectivity index (χ1n) is 9.43. The molecule has 0 atom stereocenters. The minimum atomic E-state index is -3.95. The van der Waals surface area contributed by atoms with Crippen molar-refractivity contribution in [1.82, 2.24) is 9.88 Å². The smallest absolute Gasteiger partial charge is 0.261 e. The van der Waals surface area contributed by atoms with Crippen molar-refractivity contribution in [3.63, 3.8) is 0 Å². The predicted molar refractivity (Wildman–Crippen MR) is 123 cm³/mol. The van der Waals surface area contributed by atoms with E-state index >= 15 is 0 Å². The van der Waals surface area contributed by atoms with Crippen LogP contribution in [0.5, 0.6) is 0 Å². The number of nitrogens with one attached hydrogen (secondary N) is 1. The van der Waals surface area contributed by atoms with Crippen molar-refractivity contribution in [3.05, 3.63) is 88.2 Å². The number of rotatable bonds is 8. The number of aromatic nitrogens is 1. The number of pyridine rings is 1. The van der Waals surface area contributed by atoms with Crippen LogP contribution >= 0.6 is 23.2 Å². The molecule has 0 unspecified atom stereocenters. The van der Waals surface area contributed by atoms with Crippen LogP contribution in [0.25, 0.3) is 0 Å². The average Bonchev–Trinajstić information content (AvgIpc) is 2.78. The third-order valence-corrected chi connectivity index (χ3v) is 6.56. The fraction of sp³-hybridized carbons (Fsp3) is 0.136. The monoisotopic (exact) mass is 488 g/mol. The van der Waals surface area contributed by atoms with Gasteiger partial charge in [0.25, 0.3) is 15.9 Å². The van der Waals surface area contributed by atoms with E-state index < -0.39 is 10.0 Å². The molecule has 1 amide bonds. The second-order valence-corrected chi connectivity index (χ2v) is 9.26. The molecular weight excluding hydrogens is 471 g/mol. The quantitative estimate of drug-likeness (QED) is 0.492. The summed E-state index contributed by atoms with van der Waals surface area (Å²) in [6, 6.07) is 15.8. The van der Waals surface area contributed by atoms with Gasteiger partial charge in [-0.15, -0.1) is 0 Å². The van der Waals surface area contributed by atoms with Gasteiger partial charge in [0.05, 0.1) is 27.4 Å². The van der Waals surface area contributed by atoms with Gasteiger partial charge in [-0.1, -0.05) is 35.3 Å². The molecule has 0 aliphatic carbocycles. The number of hydrogen-bond acceptors (Lipinski definition) is 5. The van der Waals surface area contributed by atoms with Crippen molar-refractivity contribution in [2.24, 2.45) is 0 Å². The van der Waals surface area contributed by atoms with Crippen LogP contribution in [-0.2, 0) is 16.6 Å². The second-order valence-electron chi connectivity index (χ2n) is 6.76. The van der Waals surface area contributed by atoms with Crippen LogP contribution in [0.1, 0.15) is 22.3 Å². The maximum absolute atomic E-state index is 13.1. The summed E-state index contributed by atoms with van der Waals surface area (Å²) < 4.78 is 27.9. The minimum absolute atomic E-state index is 0.0594. The van der Waals surface area contributed by atoms with Crippen LogP contribution in [0, 0.1) is 11.3 Å². The number of carbonyl (C=O) groups excluding carboxylic acids is 1. The summed E-state index contributed by atoms with van der Waals surface area (Å²) in [5, 5.41) is 9.31. The summed E-state index contributed by atoms with van der Waals surface area (Å²) in [6.07, 6.45) is 3.44. The van der Waals surface area contributed by atoms with Crippen molar-refractivity contribution in [3.8, 4) is 6.07 Å². The first kappa shape index (κ1) is 23.5. The molecule has 7 nitrogen and oxygen atoms in total. The molecule has 1 aromatic heterocycles. The van der Waals surface area contributed by atoms with Gasteiger partial charge < -0.3 is 4.90 Å². The zero-order chi connectivity index (χ0) is 23.1. The van der Waals surface area contributed by atoms with Gasteiger partial charge in [0.1, 0.15) is 0 Å². The number of nitriles is 1. The molecule has 2 aromatic carbocycles. The Kier molecular flexibility index (Phi) is 7.70. The predicted octanol–water partition coefficient (Wildman–Crippen LogP) is 4.75. The van der Waals surface area contributed by atoms with Crippen molar-refractivity contribution in [1.29, 1.82) is 5.26 Å². The topological polar surface area (TPSA) is 103 Å². The average molecular weight is 489 g/mol. The number of sulfonamides is 1. The molecule has 32 heavy (non-hydrogen) atoms. The zero-order valence-electron chi connectivity index (χ0n) is 16.7. The van der Waals surface area contributed by atoms with Crippen LogP contribution in [0.2, 0.25) is 10.0 Å². The lowest BCUT2D eigenvalue weighted by Crippen LogP contribution is -2.31. The van der Waals surface area contributed by atoms with E-state index in [4.69, 9.17) is 28.5 Å². The number of anilines is 1. The van der Waals surface area contributed by atoms with Gasteiger partial charge in [0.15, 0.2) is 0 Å². The summed E-state index contributed by atoms with van der Waals surface area (Å²) in [5.74, 6) is -0.334. The first-order chi connectivity index (χ1) is 15.3. The Morgan fingerprint density at radius 3 is 2.59 bits per heavy atom. The Morgan fingerprint density at radius 1 is 1.09 bits per heavy atom. The summed E-state index contributed by atoms with van der Waals surface area (Å²) in [4.78, 5) is 18.6. The van der Waals surface area contributed by atoms with Gasteiger partial charge in [-0.25, -0.2) is 8.42 Å². The van der Waals surface area contributed by atoms with E-state index in [9.17, 15) is 13.2 Å². The van der Waals surface area contributed by atoms with E-state index in [1.54, 1.807) is 30.6 Å². The Labute approximate surface area is 196 Å². The molecule has 0 saturated carbocycles. The van der Waals surface area contributed by atoms with Gasteiger partial charge in [-0.05, 0) is 48.0 Å². The number of nitrogens with zero attached hydrogens (tertiary/aromatic N) is 3. The Bertz CT molecular complexity index is 1260. The van der Waals surface area contributed by atoms with Crippen molar-refractivity contribution in [2.45, 2.75) is 17.9 Å². The van der Waals surface area contributed by atoms with Crippen LogP contribution in [0.3, 0.4) is 0 Å². The van der Waals surface area contributed by atoms with E-state index in [2.05, 4.69) is 9.71 Å². The summed E-state index contributed by atoms with van der Waals surface area (Å²) in [7, 11) is -3.95. The highest BCUT2D eigenvalue weighted by Gasteiger charge is 2.19. The fourth-order valence-corrected chi connectivity index (χ4v) is 4.34. The molecule has 0 fully saturated rings. The van der Waals surface area contributed by atoms with Gasteiger partial charge in [0, 0.05) is 36.7 Å². The van der Waals surface area contributed by atoms with Crippen molar-refractivity contribution in [2.75, 3.05) is 11.3 Å². The van der Waals surface area contributed by atoms with Gasteiger partial charge in [0.2, 0.25) is 0 Å². The number of halogens is 2. The van der Waals surface area contributed by atoms with Crippen molar-refractivity contribution >= 4 is 44.8 Å². The Balaban J connectivity index is 1.83. The molecule has 0 saturated heterocycles. The molecular formula is C22H18Cl2N4O3S. The largest absolute Gasteiger partial charge is 0.333 e. The highest BCUT2D eigenvalue weighted by Crippen LogP contribution is 2.26. The molecule has 0 aliphatic heterocycles. The Morgan fingerprint density at radius 2 is 1.91 bits per heavy atom. The molecule has 0 bridgehead atoms. The lowest BCUT2D eigenvalue weighted by molar-refractivity contribution is 0.0747. The Hall–Kier alpha value is -3.12. The molecule has 0 radical (unpaired) electrons. The third-order valence-electron chi connectivity index (χ3n) is 4.44. The highest BCUT2D eigenvalue weighted by molar-refractivity contribution is 7.92. The molecule has 3 aromatic rings. The number of hydrogen-bond donors (Lipinski definition) is 1. The maximum atomic E-state index is 13.1. The van der Waals surface area contributed by atoms with Gasteiger partial charge in [-0.2, -0.15) is 5.26 Å². The van der Waals surface area contributed by atoms with Crippen LogP contribution in [-0.4, -0.2) is 30.8 Å². The number of carbonyl (C=O) groups is 1. The van der Waals surface area contributed by atoms with Crippen molar-refractivity contribution < 1.29 is 13.2 Å². The van der Waals surface area contributed by atoms with E-state index in [0.29, 0.717) is 0 Å². The SMILES string of the molecule is N#CCCN(Cc1cccnc1)C(=O)c1cccc(NS(=O)(=O)c2ccc(Cl)c(Cl)c2)c1. The first-order valence-corrected chi connectivity index (χ1v) is 11.7. The van der Waals surface area contributed by atoms with Crippen LogP contribution in [0.15, 0.2) is 71.9 Å². The number of benzene rings is 2. The van der Waals surface area contributed by atoms with E-state index in [0.717, 1.165) is 5.56 Å². The van der Waals surface area contributed by atoms with E-state index in [1.807, 2.05) is 12.1 Å². The summed E-state index contributed by atoms with van der Waals surface area (Å²) >= 11 is 11.8. The van der Waals surface area contributed by atoms with Crippen LogP contribution in [0.4, 0.5) is 5.69 Å². The number of amides is 1. The zero-order valence-corrected chi connectivity index (χ0v) is 19.0. The standard InChI is InChI=1S/C22H18Cl2N4O3S/c23-20-8-7-19(13-21(20)24)32(30,31)27-18-6-1-5-17(12-18)22(29)28(11-3-9-25)15-16-4-2-10-26-14-16/h1-2,4-8,10,12-14,27H,3,11,15H2. The second kappa shape index (κ2) is 10.5. The minimum Gasteiger partial charge on any atom is -0.333 e. The summed E-state index contributed by atoms with van der Waals surface area (Å²) in [5.41, 5.74) is 1.31. The normalized spacial score (nSPS) is 10.9. The molecule has 3 rings (SSSR count).